The van der Waals surface area contributed by atoms with Crippen molar-refractivity contribution in [1.82, 2.24) is 0 Å². The summed E-state index contributed by atoms with van der Waals surface area (Å²) in [5.41, 5.74) is -0.595. The molecule has 0 radical (unpaired) electrons. The van der Waals surface area contributed by atoms with Crippen LogP contribution in [0.2, 0.25) is 0 Å². The van der Waals surface area contributed by atoms with Crippen molar-refractivity contribution in [2.45, 2.75) is 45.3 Å². The fourth-order valence-electron chi connectivity index (χ4n) is 0.928. The van der Waals surface area contributed by atoms with E-state index >= 15 is 0 Å². The van der Waals surface area contributed by atoms with Crippen molar-refractivity contribution in [3.05, 3.63) is 0 Å². The number of hydrogen-bond acceptors (Lipinski definition) is 4. The van der Waals surface area contributed by atoms with Crippen LogP contribution in [0.5, 0.6) is 0 Å². The first-order valence-corrected chi connectivity index (χ1v) is 5.25. The molecule has 0 aromatic heterocycles. The van der Waals surface area contributed by atoms with Crippen LogP contribution in [0.3, 0.4) is 0 Å². The molecule has 15 heavy (non-hydrogen) atoms. The molecular formula is C10H17ClO4. The number of halogens is 1. The first-order chi connectivity index (χ1) is 6.74. The van der Waals surface area contributed by atoms with E-state index in [1.165, 1.54) is 0 Å². The van der Waals surface area contributed by atoms with Crippen LogP contribution in [-0.4, -0.2) is 34.4 Å². The molecule has 0 aromatic rings. The van der Waals surface area contributed by atoms with Gasteiger partial charge in [0.15, 0.2) is 0 Å². The molecule has 0 saturated heterocycles. The number of ether oxygens (including phenoxy) is 1. The zero-order valence-corrected chi connectivity index (χ0v) is 10.0. The van der Waals surface area contributed by atoms with Crippen molar-refractivity contribution in [1.29, 1.82) is 0 Å². The van der Waals surface area contributed by atoms with Gasteiger partial charge in [0.1, 0.15) is 17.8 Å². The van der Waals surface area contributed by atoms with Gasteiger partial charge in [-0.1, -0.05) is 0 Å². The third-order valence-electron chi connectivity index (χ3n) is 1.40. The number of carbonyl (C=O) groups is 2. The molecule has 0 aromatic carbocycles. The van der Waals surface area contributed by atoms with Crippen molar-refractivity contribution in [2.24, 2.45) is 0 Å². The zero-order chi connectivity index (χ0) is 12.1. The maximum Gasteiger partial charge on any atom is 0.313 e. The van der Waals surface area contributed by atoms with E-state index in [2.05, 4.69) is 0 Å². The SMILES string of the molecule is CC(C)(C)OC(=O)CC(=O)C[C@H](O)CCl. The minimum atomic E-state index is -0.887. The minimum absolute atomic E-state index is 0.0138. The number of alkyl halides is 1. The Morgan fingerprint density at radius 3 is 2.33 bits per heavy atom. The van der Waals surface area contributed by atoms with Crippen molar-refractivity contribution < 1.29 is 19.4 Å². The lowest BCUT2D eigenvalue weighted by Crippen LogP contribution is -2.26. The summed E-state index contributed by atoms with van der Waals surface area (Å²) in [6.07, 6.45) is -1.31. The van der Waals surface area contributed by atoms with Crippen molar-refractivity contribution in [3.8, 4) is 0 Å². The monoisotopic (exact) mass is 236 g/mol. The summed E-state index contributed by atoms with van der Waals surface area (Å²) in [7, 11) is 0. The molecule has 4 nitrogen and oxygen atoms in total. The maximum atomic E-state index is 11.2. The van der Waals surface area contributed by atoms with Gasteiger partial charge in [-0.15, -0.1) is 11.6 Å². The molecule has 0 bridgehead atoms. The largest absolute Gasteiger partial charge is 0.460 e. The first-order valence-electron chi connectivity index (χ1n) is 4.72. The summed E-state index contributed by atoms with van der Waals surface area (Å²) in [4.78, 5) is 22.4. The molecule has 1 N–H and O–H groups in total. The van der Waals surface area contributed by atoms with Gasteiger partial charge in [-0.05, 0) is 20.8 Å². The third-order valence-corrected chi connectivity index (χ3v) is 1.76. The highest BCUT2D eigenvalue weighted by atomic mass is 35.5. The second-order valence-electron chi connectivity index (χ2n) is 4.31. The predicted molar refractivity (Wildman–Crippen MR) is 56.8 cm³/mol. The molecular weight excluding hydrogens is 220 g/mol. The zero-order valence-electron chi connectivity index (χ0n) is 9.25. The van der Waals surface area contributed by atoms with Crippen LogP contribution >= 0.6 is 11.6 Å². The highest BCUT2D eigenvalue weighted by Gasteiger charge is 2.20. The highest BCUT2D eigenvalue weighted by molar-refractivity contribution is 6.18. The van der Waals surface area contributed by atoms with Gasteiger partial charge in [0.2, 0.25) is 0 Å². The minimum Gasteiger partial charge on any atom is -0.460 e. The Kier molecular flexibility index (Phi) is 5.83. The lowest BCUT2D eigenvalue weighted by Gasteiger charge is -2.19. The molecule has 5 heteroatoms. The number of Topliss-reactive ketones (excluding diaryl/α,β-unsaturated/α-hetero) is 1. The van der Waals surface area contributed by atoms with E-state index in [4.69, 9.17) is 21.4 Å². The Morgan fingerprint density at radius 1 is 1.40 bits per heavy atom. The van der Waals surface area contributed by atoms with Gasteiger partial charge in [0.25, 0.3) is 0 Å². The number of aliphatic hydroxyl groups is 1. The Labute approximate surface area is 94.6 Å². The van der Waals surface area contributed by atoms with Crippen LogP contribution in [0.25, 0.3) is 0 Å². The first kappa shape index (κ1) is 14.4. The van der Waals surface area contributed by atoms with Crippen LogP contribution in [-0.2, 0) is 14.3 Å². The maximum absolute atomic E-state index is 11.2. The number of aliphatic hydroxyl groups excluding tert-OH is 1. The highest BCUT2D eigenvalue weighted by Crippen LogP contribution is 2.09. The number of rotatable bonds is 5. The van der Waals surface area contributed by atoms with Crippen LogP contribution in [0.1, 0.15) is 33.6 Å². The summed E-state index contributed by atoms with van der Waals surface area (Å²) >= 11 is 5.32. The molecule has 0 fully saturated rings. The van der Waals surface area contributed by atoms with Gasteiger partial charge in [-0.3, -0.25) is 9.59 Å². The molecule has 0 heterocycles. The number of esters is 1. The molecule has 0 spiro atoms. The van der Waals surface area contributed by atoms with Gasteiger partial charge in [0.05, 0.1) is 6.10 Å². The number of carbonyl (C=O) groups excluding carboxylic acids is 2. The molecule has 88 valence electrons. The topological polar surface area (TPSA) is 63.6 Å². The molecule has 0 aliphatic heterocycles. The fraction of sp³-hybridized carbons (Fsp3) is 0.800. The van der Waals surface area contributed by atoms with E-state index in [-0.39, 0.29) is 24.5 Å². The second-order valence-corrected chi connectivity index (χ2v) is 4.62. The summed E-state index contributed by atoms with van der Waals surface area (Å²) in [5.74, 6) is -0.952. The molecule has 0 rings (SSSR count). The van der Waals surface area contributed by atoms with E-state index in [1.54, 1.807) is 20.8 Å². The molecule has 1 atom stereocenters. The Hall–Kier alpha value is -0.610. The smallest absolute Gasteiger partial charge is 0.313 e. The normalized spacial score (nSPS) is 13.4. The lowest BCUT2D eigenvalue weighted by atomic mass is 10.1. The van der Waals surface area contributed by atoms with E-state index in [0.717, 1.165) is 0 Å². The van der Waals surface area contributed by atoms with E-state index in [0.29, 0.717) is 0 Å². The van der Waals surface area contributed by atoms with Gasteiger partial charge < -0.3 is 9.84 Å². The third kappa shape index (κ3) is 8.39. The van der Waals surface area contributed by atoms with Crippen molar-refractivity contribution in [2.75, 3.05) is 5.88 Å². The van der Waals surface area contributed by atoms with Gasteiger partial charge in [-0.2, -0.15) is 0 Å². The van der Waals surface area contributed by atoms with Gasteiger partial charge in [-0.25, -0.2) is 0 Å². The average Bonchev–Trinajstić information content (AvgIpc) is 1.99. The number of ketones is 1. The van der Waals surface area contributed by atoms with Gasteiger partial charge >= 0.3 is 5.97 Å². The van der Waals surface area contributed by atoms with Crippen molar-refractivity contribution >= 4 is 23.4 Å². The van der Waals surface area contributed by atoms with Gasteiger partial charge in [0, 0.05) is 12.3 Å². The molecule has 0 unspecified atom stereocenters. The molecule has 0 amide bonds. The van der Waals surface area contributed by atoms with Crippen LogP contribution in [0, 0.1) is 0 Å². The predicted octanol–water partition coefficient (Wildman–Crippen LogP) is 1.28. The molecule has 0 aliphatic carbocycles. The van der Waals surface area contributed by atoms with Crippen LogP contribution in [0.15, 0.2) is 0 Å². The fourth-order valence-corrected chi connectivity index (χ4v) is 1.04. The lowest BCUT2D eigenvalue weighted by molar-refractivity contribution is -0.156. The standard InChI is InChI=1S/C10H17ClO4/c1-10(2,3)15-9(14)5-7(12)4-8(13)6-11/h8,13H,4-6H2,1-3H3/t8-/m0/s1. The summed E-state index contributed by atoms with van der Waals surface area (Å²) in [5, 5.41) is 9.07. The van der Waals surface area contributed by atoms with Crippen LogP contribution < -0.4 is 0 Å². The quantitative estimate of drug-likeness (QED) is 0.444. The molecule has 0 aliphatic rings. The van der Waals surface area contributed by atoms with E-state index in [1.807, 2.05) is 0 Å². The number of hydrogen-bond donors (Lipinski definition) is 1. The van der Waals surface area contributed by atoms with E-state index < -0.39 is 17.7 Å². The van der Waals surface area contributed by atoms with Crippen LogP contribution in [0.4, 0.5) is 0 Å². The Morgan fingerprint density at radius 2 is 1.93 bits per heavy atom. The summed E-state index contributed by atoms with van der Waals surface area (Å²) < 4.78 is 4.95. The summed E-state index contributed by atoms with van der Waals surface area (Å²) in [6.45, 7) is 5.18. The van der Waals surface area contributed by atoms with Crippen molar-refractivity contribution in [3.63, 3.8) is 0 Å². The molecule has 0 saturated carbocycles. The summed E-state index contributed by atoms with van der Waals surface area (Å²) in [6, 6.07) is 0. The average molecular weight is 237 g/mol. The Balaban J connectivity index is 3.92. The second kappa shape index (κ2) is 6.08. The van der Waals surface area contributed by atoms with E-state index in [9.17, 15) is 9.59 Å². The Bertz CT molecular complexity index is 232.